The third kappa shape index (κ3) is 7130. The zero-order valence-corrected chi connectivity index (χ0v) is 10.8. The van der Waals surface area contributed by atoms with Crippen LogP contribution in [0.4, 0.5) is 4.79 Å². The molecule has 5 nitrogen and oxygen atoms in total. The van der Waals surface area contributed by atoms with Crippen LogP contribution in [0.15, 0.2) is 0 Å². The Hall–Kier alpha value is 0.246. The molecule has 0 rings (SSSR count). The first kappa shape index (κ1) is 22.5. The molecule has 0 unspecified atom stereocenters. The fraction of sp³-hybridized carbons (Fsp3) is 0.333. The molecule has 0 aliphatic carbocycles. The van der Waals surface area contributed by atoms with Gasteiger partial charge in [-0.25, -0.2) is 4.79 Å². The summed E-state index contributed by atoms with van der Waals surface area (Å²) in [5.74, 6) is -0.833. The second-order valence-corrected chi connectivity index (χ2v) is 0.802. The van der Waals surface area contributed by atoms with E-state index in [0.29, 0.717) is 0 Å². The minimum atomic E-state index is -1.83. The summed E-state index contributed by atoms with van der Waals surface area (Å²) in [6.07, 6.45) is -1.83. The monoisotopic (exact) mass is 276 g/mol. The zero-order chi connectivity index (χ0) is 7.15. The molecule has 0 spiro atoms. The molecule has 0 bridgehead atoms. The number of hydrogen-bond acceptors (Lipinski definition) is 2. The van der Waals surface area contributed by atoms with Crippen LogP contribution >= 0.6 is 0 Å². The van der Waals surface area contributed by atoms with E-state index in [1.165, 1.54) is 0 Å². The van der Waals surface area contributed by atoms with Crippen molar-refractivity contribution >= 4 is 12.1 Å². The summed E-state index contributed by atoms with van der Waals surface area (Å²) in [7, 11) is 0. The van der Waals surface area contributed by atoms with Crippen LogP contribution < -0.4 is 0 Å². The van der Waals surface area contributed by atoms with Crippen molar-refractivity contribution in [2.24, 2.45) is 0 Å². The summed E-state index contributed by atoms with van der Waals surface area (Å²) in [6, 6.07) is 0. The van der Waals surface area contributed by atoms with E-state index in [1.54, 1.807) is 0 Å². The van der Waals surface area contributed by atoms with E-state index in [2.05, 4.69) is 0 Å². The Bertz CT molecular complexity index is 74.9. The van der Waals surface area contributed by atoms with E-state index in [1.807, 2.05) is 0 Å². The average Bonchev–Trinajstić information content (AvgIpc) is 1.25. The van der Waals surface area contributed by atoms with Gasteiger partial charge >= 0.3 is 6.16 Å². The molecular formula is C3H6O5ZnZr. The fourth-order valence-electron chi connectivity index (χ4n) is 0. The van der Waals surface area contributed by atoms with Crippen molar-refractivity contribution in [3.63, 3.8) is 0 Å². The van der Waals surface area contributed by atoms with Crippen molar-refractivity contribution in [1.82, 2.24) is 0 Å². The summed E-state index contributed by atoms with van der Waals surface area (Å²) in [4.78, 5) is 17.6. The van der Waals surface area contributed by atoms with E-state index < -0.39 is 12.1 Å². The SMILES string of the molecule is CC(=O)O.O=C(O)O.[Zn].[Zr]. The average molecular weight is 279 g/mol. The second-order valence-electron chi connectivity index (χ2n) is 0.802. The molecule has 0 radical (unpaired) electrons. The molecule has 0 aromatic carbocycles. The Kier molecular flexibility index (Phi) is 36.2. The Morgan fingerprint density at radius 3 is 1.10 bits per heavy atom. The normalized spacial score (nSPS) is 4.90. The van der Waals surface area contributed by atoms with Gasteiger partial charge < -0.3 is 15.3 Å². The fourth-order valence-corrected chi connectivity index (χ4v) is 0. The molecule has 0 aromatic rings. The number of carbonyl (C=O) groups is 2. The van der Waals surface area contributed by atoms with Crippen LogP contribution in [0.5, 0.6) is 0 Å². The summed E-state index contributed by atoms with van der Waals surface area (Å²) in [5.41, 5.74) is 0. The topological polar surface area (TPSA) is 94.8 Å². The van der Waals surface area contributed by atoms with Gasteiger partial charge in [0.05, 0.1) is 0 Å². The molecule has 0 heterocycles. The molecule has 0 aromatic heterocycles. The first-order chi connectivity index (χ1) is 3.46. The van der Waals surface area contributed by atoms with E-state index >= 15 is 0 Å². The van der Waals surface area contributed by atoms with E-state index in [9.17, 15) is 0 Å². The van der Waals surface area contributed by atoms with Gasteiger partial charge in [0.1, 0.15) is 0 Å². The van der Waals surface area contributed by atoms with Gasteiger partial charge in [0.2, 0.25) is 0 Å². The molecule has 0 aliphatic heterocycles. The number of aliphatic carboxylic acids is 1. The van der Waals surface area contributed by atoms with Crippen molar-refractivity contribution < 1.29 is 70.6 Å². The molecular weight excluding hydrogens is 273 g/mol. The molecule has 0 saturated heterocycles. The van der Waals surface area contributed by atoms with Gasteiger partial charge in [-0.15, -0.1) is 0 Å². The summed E-state index contributed by atoms with van der Waals surface area (Å²) in [6.45, 7) is 1.08. The first-order valence-corrected chi connectivity index (χ1v) is 1.58. The Labute approximate surface area is 89.3 Å². The molecule has 0 atom stereocenters. The van der Waals surface area contributed by atoms with Crippen LogP contribution in [0.2, 0.25) is 0 Å². The summed E-state index contributed by atoms with van der Waals surface area (Å²) < 4.78 is 0. The zero-order valence-electron chi connectivity index (χ0n) is 5.37. The van der Waals surface area contributed by atoms with E-state index in [-0.39, 0.29) is 45.7 Å². The Morgan fingerprint density at radius 2 is 1.10 bits per heavy atom. The van der Waals surface area contributed by atoms with Gasteiger partial charge in [-0.3, -0.25) is 4.79 Å². The number of carboxylic acids is 1. The third-order valence-electron chi connectivity index (χ3n) is 0. The predicted octanol–water partition coefficient (Wildman–Crippen LogP) is 0.308. The standard InChI is InChI=1S/C2H4O2.CH2O3.Zn.Zr/c1-2(3)4;2-1(3)4;;/h1H3,(H,3,4);(H2,2,3,4);;. The van der Waals surface area contributed by atoms with Gasteiger partial charge in [-0.1, -0.05) is 0 Å². The number of rotatable bonds is 0. The van der Waals surface area contributed by atoms with Crippen molar-refractivity contribution in [2.75, 3.05) is 0 Å². The van der Waals surface area contributed by atoms with E-state index in [0.717, 1.165) is 6.92 Å². The van der Waals surface area contributed by atoms with Crippen LogP contribution in [-0.4, -0.2) is 27.4 Å². The second kappa shape index (κ2) is 16.1. The van der Waals surface area contributed by atoms with Gasteiger partial charge in [0.15, 0.2) is 0 Å². The maximum absolute atomic E-state index is 9.00. The minimum absolute atomic E-state index is 0. The Balaban J connectivity index is -0.0000000300. The van der Waals surface area contributed by atoms with Crippen LogP contribution in [0.1, 0.15) is 6.92 Å². The van der Waals surface area contributed by atoms with Gasteiger partial charge in [0.25, 0.3) is 5.97 Å². The van der Waals surface area contributed by atoms with Crippen LogP contribution in [-0.2, 0) is 50.5 Å². The quantitative estimate of drug-likeness (QED) is 0.554. The van der Waals surface area contributed by atoms with Crippen LogP contribution in [0, 0.1) is 0 Å². The smallest absolute Gasteiger partial charge is 0.481 e. The molecule has 0 aliphatic rings. The number of hydrogen-bond donors (Lipinski definition) is 3. The maximum Gasteiger partial charge on any atom is 0.503 e. The molecule has 10 heavy (non-hydrogen) atoms. The molecule has 54 valence electrons. The minimum Gasteiger partial charge on any atom is -0.481 e. The maximum atomic E-state index is 9.00. The number of carboxylic acid groups (broad SMARTS) is 3. The summed E-state index contributed by atoms with van der Waals surface area (Å²) in [5, 5.41) is 21.4. The first-order valence-electron chi connectivity index (χ1n) is 1.58. The van der Waals surface area contributed by atoms with Crippen molar-refractivity contribution in [1.29, 1.82) is 0 Å². The molecule has 7 heteroatoms. The third-order valence-corrected chi connectivity index (χ3v) is 0. The van der Waals surface area contributed by atoms with Gasteiger partial charge in [-0.05, 0) is 0 Å². The Morgan fingerprint density at radius 1 is 1.10 bits per heavy atom. The molecule has 0 fully saturated rings. The van der Waals surface area contributed by atoms with Gasteiger partial charge in [-0.2, -0.15) is 0 Å². The molecule has 0 saturated carbocycles. The van der Waals surface area contributed by atoms with Gasteiger partial charge in [0, 0.05) is 52.6 Å². The summed E-state index contributed by atoms with van der Waals surface area (Å²) >= 11 is 0. The predicted molar refractivity (Wildman–Crippen MR) is 24.0 cm³/mol. The van der Waals surface area contributed by atoms with Crippen molar-refractivity contribution in [2.45, 2.75) is 6.92 Å². The van der Waals surface area contributed by atoms with Crippen LogP contribution in [0.25, 0.3) is 0 Å². The van der Waals surface area contributed by atoms with Crippen molar-refractivity contribution in [3.8, 4) is 0 Å². The molecule has 0 amide bonds. The van der Waals surface area contributed by atoms with Crippen LogP contribution in [0.3, 0.4) is 0 Å². The van der Waals surface area contributed by atoms with E-state index in [4.69, 9.17) is 24.9 Å². The molecule has 3 N–H and O–H groups in total. The largest absolute Gasteiger partial charge is 0.503 e. The van der Waals surface area contributed by atoms with Crippen molar-refractivity contribution in [3.05, 3.63) is 0 Å².